The first-order valence-corrected chi connectivity index (χ1v) is 8.91. The van der Waals surface area contributed by atoms with Crippen LogP contribution in [0.2, 0.25) is 0 Å². The van der Waals surface area contributed by atoms with Gasteiger partial charge in [-0.2, -0.15) is 0 Å². The molecule has 2 rings (SSSR count). The zero-order valence-electron chi connectivity index (χ0n) is 12.8. The second kappa shape index (κ2) is 7.78. The highest BCUT2D eigenvalue weighted by atomic mass is 32.2. The van der Waals surface area contributed by atoms with Crippen molar-refractivity contribution in [3.8, 4) is 5.75 Å². The van der Waals surface area contributed by atoms with Gasteiger partial charge in [0.05, 0.1) is 10.6 Å². The summed E-state index contributed by atoms with van der Waals surface area (Å²) in [7, 11) is -3.40. The molecule has 5 nitrogen and oxygen atoms in total. The van der Waals surface area contributed by atoms with Crippen LogP contribution in [-0.4, -0.2) is 32.7 Å². The van der Waals surface area contributed by atoms with Crippen molar-refractivity contribution in [2.75, 3.05) is 12.3 Å². The molecule has 0 aromatic heterocycles. The standard InChI is InChI=1S/C17H19NO4S/c1-14(22-15-8-4-2-5-9-15)17(19)18-12-13-23(20,21)16-10-6-3-7-11-16/h2-11,14H,12-13H2,1H3,(H,18,19). The summed E-state index contributed by atoms with van der Waals surface area (Å²) in [5, 5.41) is 2.59. The van der Waals surface area contributed by atoms with Crippen LogP contribution in [0, 0.1) is 0 Å². The number of para-hydroxylation sites is 1. The molecular formula is C17H19NO4S. The number of rotatable bonds is 7. The Hall–Kier alpha value is -2.34. The Morgan fingerprint density at radius 3 is 2.22 bits per heavy atom. The Morgan fingerprint density at radius 1 is 1.04 bits per heavy atom. The van der Waals surface area contributed by atoms with E-state index in [0.717, 1.165) is 0 Å². The van der Waals surface area contributed by atoms with Crippen LogP contribution in [-0.2, 0) is 14.6 Å². The minimum atomic E-state index is -3.40. The van der Waals surface area contributed by atoms with Gasteiger partial charge < -0.3 is 10.1 Å². The van der Waals surface area contributed by atoms with Gasteiger partial charge >= 0.3 is 0 Å². The fourth-order valence-corrected chi connectivity index (χ4v) is 3.13. The van der Waals surface area contributed by atoms with E-state index < -0.39 is 15.9 Å². The van der Waals surface area contributed by atoms with Crippen molar-refractivity contribution >= 4 is 15.7 Å². The first-order chi connectivity index (χ1) is 11.0. The summed E-state index contributed by atoms with van der Waals surface area (Å²) in [5.74, 6) is 0.0880. The highest BCUT2D eigenvalue weighted by Crippen LogP contribution is 2.11. The number of hydrogen-bond donors (Lipinski definition) is 1. The molecule has 0 aliphatic heterocycles. The van der Waals surface area contributed by atoms with E-state index in [1.165, 1.54) is 12.1 Å². The lowest BCUT2D eigenvalue weighted by molar-refractivity contribution is -0.127. The fraction of sp³-hybridized carbons (Fsp3) is 0.235. The molecule has 1 amide bonds. The van der Waals surface area contributed by atoms with Gasteiger partial charge in [0.2, 0.25) is 0 Å². The number of benzene rings is 2. The third kappa shape index (κ3) is 5.10. The SMILES string of the molecule is CC(Oc1ccccc1)C(=O)NCCS(=O)(=O)c1ccccc1. The summed E-state index contributed by atoms with van der Waals surface area (Å²) in [6.45, 7) is 1.66. The highest BCUT2D eigenvalue weighted by Gasteiger charge is 2.17. The molecule has 23 heavy (non-hydrogen) atoms. The van der Waals surface area contributed by atoms with Crippen LogP contribution in [0.25, 0.3) is 0 Å². The molecule has 0 radical (unpaired) electrons. The molecule has 0 saturated heterocycles. The van der Waals surface area contributed by atoms with Gasteiger partial charge in [-0.25, -0.2) is 8.42 Å². The van der Waals surface area contributed by atoms with Crippen LogP contribution < -0.4 is 10.1 Å². The molecule has 1 atom stereocenters. The number of carbonyl (C=O) groups excluding carboxylic acids is 1. The van der Waals surface area contributed by atoms with Gasteiger partial charge in [0.1, 0.15) is 5.75 Å². The van der Waals surface area contributed by atoms with Crippen molar-refractivity contribution in [3.63, 3.8) is 0 Å². The monoisotopic (exact) mass is 333 g/mol. The topological polar surface area (TPSA) is 72.5 Å². The second-order valence-electron chi connectivity index (χ2n) is 5.00. The lowest BCUT2D eigenvalue weighted by Crippen LogP contribution is -2.38. The second-order valence-corrected chi connectivity index (χ2v) is 7.11. The van der Waals surface area contributed by atoms with E-state index in [0.29, 0.717) is 5.75 Å². The normalized spacial score (nSPS) is 12.4. The van der Waals surface area contributed by atoms with Crippen LogP contribution >= 0.6 is 0 Å². The Labute approximate surface area is 136 Å². The Kier molecular flexibility index (Phi) is 5.76. The number of hydrogen-bond acceptors (Lipinski definition) is 4. The number of carbonyl (C=O) groups is 1. The molecule has 0 fully saturated rings. The molecule has 1 unspecified atom stereocenters. The minimum absolute atomic E-state index is 0.0402. The van der Waals surface area contributed by atoms with Gasteiger partial charge in [0.15, 0.2) is 15.9 Å². The van der Waals surface area contributed by atoms with E-state index in [1.807, 2.05) is 18.2 Å². The Morgan fingerprint density at radius 2 is 1.61 bits per heavy atom. The molecular weight excluding hydrogens is 314 g/mol. The van der Waals surface area contributed by atoms with E-state index in [1.54, 1.807) is 37.3 Å². The van der Waals surface area contributed by atoms with Gasteiger partial charge in [0, 0.05) is 6.54 Å². The van der Waals surface area contributed by atoms with Crippen LogP contribution in [0.3, 0.4) is 0 Å². The molecule has 0 spiro atoms. The van der Waals surface area contributed by atoms with E-state index in [2.05, 4.69) is 5.32 Å². The Bertz CT molecular complexity index is 730. The van der Waals surface area contributed by atoms with Gasteiger partial charge in [-0.3, -0.25) is 4.79 Å². The van der Waals surface area contributed by atoms with E-state index >= 15 is 0 Å². The maximum absolute atomic E-state index is 12.1. The summed E-state index contributed by atoms with van der Waals surface area (Å²) in [6.07, 6.45) is -0.697. The molecule has 0 heterocycles. The lowest BCUT2D eigenvalue weighted by atomic mass is 10.3. The molecule has 0 bridgehead atoms. The zero-order chi connectivity index (χ0) is 16.7. The van der Waals surface area contributed by atoms with Crippen LogP contribution in [0.1, 0.15) is 6.92 Å². The summed E-state index contributed by atoms with van der Waals surface area (Å²) >= 11 is 0. The summed E-state index contributed by atoms with van der Waals surface area (Å²) < 4.78 is 29.7. The first kappa shape index (κ1) is 17.0. The highest BCUT2D eigenvalue weighted by molar-refractivity contribution is 7.91. The number of sulfone groups is 1. The number of ether oxygens (including phenoxy) is 1. The molecule has 6 heteroatoms. The predicted octanol–water partition coefficient (Wildman–Crippen LogP) is 2.04. The fourth-order valence-electron chi connectivity index (χ4n) is 1.95. The number of amides is 1. The minimum Gasteiger partial charge on any atom is -0.481 e. The van der Waals surface area contributed by atoms with Gasteiger partial charge in [0.25, 0.3) is 5.91 Å². The molecule has 122 valence electrons. The molecule has 0 aliphatic rings. The van der Waals surface area contributed by atoms with Crippen LogP contribution in [0.5, 0.6) is 5.75 Å². The van der Waals surface area contributed by atoms with Gasteiger partial charge in [-0.05, 0) is 31.2 Å². The molecule has 0 saturated carbocycles. The molecule has 2 aromatic carbocycles. The zero-order valence-corrected chi connectivity index (χ0v) is 13.6. The van der Waals surface area contributed by atoms with Crippen molar-refractivity contribution in [1.82, 2.24) is 5.32 Å². The molecule has 1 N–H and O–H groups in total. The molecule has 2 aromatic rings. The third-order valence-corrected chi connectivity index (χ3v) is 4.93. The van der Waals surface area contributed by atoms with Crippen molar-refractivity contribution < 1.29 is 17.9 Å². The van der Waals surface area contributed by atoms with Crippen molar-refractivity contribution in [2.24, 2.45) is 0 Å². The van der Waals surface area contributed by atoms with Gasteiger partial charge in [-0.1, -0.05) is 36.4 Å². The summed E-state index contributed by atoms with van der Waals surface area (Å²) in [6, 6.07) is 17.2. The average molecular weight is 333 g/mol. The van der Waals surface area contributed by atoms with Gasteiger partial charge in [-0.15, -0.1) is 0 Å². The predicted molar refractivity (Wildman–Crippen MR) is 88.0 cm³/mol. The summed E-state index contributed by atoms with van der Waals surface area (Å²) in [4.78, 5) is 12.2. The lowest BCUT2D eigenvalue weighted by Gasteiger charge is -2.14. The maximum atomic E-state index is 12.1. The first-order valence-electron chi connectivity index (χ1n) is 7.26. The van der Waals surface area contributed by atoms with Crippen molar-refractivity contribution in [3.05, 3.63) is 60.7 Å². The average Bonchev–Trinajstić information content (AvgIpc) is 2.56. The molecule has 0 aliphatic carbocycles. The van der Waals surface area contributed by atoms with E-state index in [-0.39, 0.29) is 23.1 Å². The smallest absolute Gasteiger partial charge is 0.260 e. The van der Waals surface area contributed by atoms with Crippen molar-refractivity contribution in [1.29, 1.82) is 0 Å². The number of nitrogens with one attached hydrogen (secondary N) is 1. The Balaban J connectivity index is 1.83. The third-order valence-electron chi connectivity index (χ3n) is 3.20. The van der Waals surface area contributed by atoms with E-state index in [9.17, 15) is 13.2 Å². The quantitative estimate of drug-likeness (QED) is 0.842. The maximum Gasteiger partial charge on any atom is 0.260 e. The van der Waals surface area contributed by atoms with Crippen LogP contribution in [0.4, 0.5) is 0 Å². The largest absolute Gasteiger partial charge is 0.481 e. The van der Waals surface area contributed by atoms with E-state index in [4.69, 9.17) is 4.74 Å². The summed E-state index contributed by atoms with van der Waals surface area (Å²) in [5.41, 5.74) is 0. The van der Waals surface area contributed by atoms with Crippen molar-refractivity contribution in [2.45, 2.75) is 17.9 Å². The van der Waals surface area contributed by atoms with Crippen LogP contribution in [0.15, 0.2) is 65.6 Å².